The minimum Gasteiger partial charge on any atom is -0.330 e. The molecule has 74 valence electrons. The van der Waals surface area contributed by atoms with Gasteiger partial charge in [0.1, 0.15) is 0 Å². The zero-order valence-electron chi connectivity index (χ0n) is 8.54. The molecule has 1 aromatic carbocycles. The van der Waals surface area contributed by atoms with Crippen molar-refractivity contribution in [3.63, 3.8) is 0 Å². The monoisotopic (exact) mass is 189 g/mol. The topological polar surface area (TPSA) is 54.7 Å². The molecule has 0 atom stereocenters. The molecule has 0 radical (unpaired) electrons. The summed E-state index contributed by atoms with van der Waals surface area (Å²) in [6.07, 6.45) is 1.83. The fourth-order valence-electron chi connectivity index (χ4n) is 1.48. The van der Waals surface area contributed by atoms with E-state index in [0.717, 1.165) is 10.9 Å². The fourth-order valence-corrected chi connectivity index (χ4v) is 1.48. The highest BCUT2D eigenvalue weighted by Gasteiger charge is 2.18. The smallest absolute Gasteiger partial charge is 0.0653 e. The van der Waals surface area contributed by atoms with Crippen LogP contribution in [0.15, 0.2) is 24.4 Å². The van der Waals surface area contributed by atoms with Crippen LogP contribution in [0.2, 0.25) is 0 Å². The zero-order valence-corrected chi connectivity index (χ0v) is 8.54. The zero-order chi connectivity index (χ0) is 10.2. The maximum atomic E-state index is 5.73. The Balaban J connectivity index is 2.53. The van der Waals surface area contributed by atoms with Gasteiger partial charge in [0.2, 0.25) is 0 Å². The lowest BCUT2D eigenvalue weighted by Gasteiger charge is -2.22. The Bertz CT molecular complexity index is 442. The lowest BCUT2D eigenvalue weighted by atomic mass is 9.84. The van der Waals surface area contributed by atoms with Crippen LogP contribution in [-0.2, 0) is 5.41 Å². The Morgan fingerprint density at radius 3 is 2.93 bits per heavy atom. The largest absolute Gasteiger partial charge is 0.330 e. The first-order chi connectivity index (χ1) is 6.63. The molecule has 1 aromatic heterocycles. The molecule has 0 aliphatic heterocycles. The van der Waals surface area contributed by atoms with Gasteiger partial charge in [-0.1, -0.05) is 26.0 Å². The number of hydrogen-bond acceptors (Lipinski definition) is 2. The van der Waals surface area contributed by atoms with Gasteiger partial charge in [-0.15, -0.1) is 0 Å². The number of aromatic amines is 1. The van der Waals surface area contributed by atoms with Crippen LogP contribution in [0.3, 0.4) is 0 Å². The summed E-state index contributed by atoms with van der Waals surface area (Å²) in [5.41, 5.74) is 8.08. The van der Waals surface area contributed by atoms with E-state index in [-0.39, 0.29) is 5.41 Å². The number of rotatable bonds is 2. The molecule has 0 saturated carbocycles. The van der Waals surface area contributed by atoms with Gasteiger partial charge >= 0.3 is 0 Å². The Kier molecular flexibility index (Phi) is 2.04. The Hall–Kier alpha value is -1.35. The maximum absolute atomic E-state index is 5.73. The second-order valence-corrected chi connectivity index (χ2v) is 4.26. The molecule has 2 rings (SSSR count). The van der Waals surface area contributed by atoms with Gasteiger partial charge in [-0.25, -0.2) is 0 Å². The molecule has 0 unspecified atom stereocenters. The van der Waals surface area contributed by atoms with Gasteiger partial charge in [-0.05, 0) is 11.6 Å². The van der Waals surface area contributed by atoms with Gasteiger partial charge in [-0.2, -0.15) is 5.10 Å². The molecule has 3 N–H and O–H groups in total. The van der Waals surface area contributed by atoms with Gasteiger partial charge in [0.25, 0.3) is 0 Å². The van der Waals surface area contributed by atoms with Crippen molar-refractivity contribution in [3.8, 4) is 0 Å². The Morgan fingerprint density at radius 2 is 2.21 bits per heavy atom. The van der Waals surface area contributed by atoms with Crippen LogP contribution < -0.4 is 5.73 Å². The van der Waals surface area contributed by atoms with Gasteiger partial charge in [0, 0.05) is 17.3 Å². The standard InChI is InChI=1S/C11H15N3/c1-11(2,7-12)9-4-3-8-6-13-14-10(8)5-9/h3-6H,7,12H2,1-2H3,(H,13,14). The summed E-state index contributed by atoms with van der Waals surface area (Å²) < 4.78 is 0. The Labute approximate surface area is 83.3 Å². The van der Waals surface area contributed by atoms with Crippen molar-refractivity contribution in [1.82, 2.24) is 10.2 Å². The third kappa shape index (κ3) is 1.40. The fraction of sp³-hybridized carbons (Fsp3) is 0.364. The van der Waals surface area contributed by atoms with E-state index in [2.05, 4.69) is 42.2 Å². The van der Waals surface area contributed by atoms with E-state index in [0.29, 0.717) is 6.54 Å². The van der Waals surface area contributed by atoms with Crippen LogP contribution in [0, 0.1) is 0 Å². The van der Waals surface area contributed by atoms with Crippen molar-refractivity contribution in [3.05, 3.63) is 30.0 Å². The summed E-state index contributed by atoms with van der Waals surface area (Å²) in [6.45, 7) is 4.93. The maximum Gasteiger partial charge on any atom is 0.0653 e. The summed E-state index contributed by atoms with van der Waals surface area (Å²) in [7, 11) is 0. The molecule has 1 heterocycles. The van der Waals surface area contributed by atoms with Gasteiger partial charge in [-0.3, -0.25) is 5.10 Å². The molecule has 3 nitrogen and oxygen atoms in total. The number of nitrogens with zero attached hydrogens (tertiary/aromatic N) is 1. The number of nitrogens with one attached hydrogen (secondary N) is 1. The van der Waals surface area contributed by atoms with Crippen LogP contribution in [0.4, 0.5) is 0 Å². The van der Waals surface area contributed by atoms with Crippen molar-refractivity contribution >= 4 is 10.9 Å². The van der Waals surface area contributed by atoms with Gasteiger partial charge in [0.05, 0.1) is 11.7 Å². The molecule has 0 spiro atoms. The third-order valence-corrected chi connectivity index (χ3v) is 2.73. The SMILES string of the molecule is CC(C)(CN)c1ccc2cn[nH]c2c1. The molecule has 2 aromatic rings. The number of H-pyrrole nitrogens is 1. The summed E-state index contributed by atoms with van der Waals surface area (Å²) >= 11 is 0. The average molecular weight is 189 g/mol. The molecule has 0 bridgehead atoms. The Morgan fingerprint density at radius 1 is 1.43 bits per heavy atom. The van der Waals surface area contributed by atoms with Crippen molar-refractivity contribution < 1.29 is 0 Å². The molecule has 0 aliphatic carbocycles. The molecule has 14 heavy (non-hydrogen) atoms. The second-order valence-electron chi connectivity index (χ2n) is 4.26. The normalized spacial score (nSPS) is 12.2. The molecule has 0 saturated heterocycles. The molecule has 3 heteroatoms. The van der Waals surface area contributed by atoms with E-state index in [1.807, 2.05) is 6.20 Å². The number of fused-ring (bicyclic) bond motifs is 1. The highest BCUT2D eigenvalue weighted by Crippen LogP contribution is 2.24. The van der Waals surface area contributed by atoms with Gasteiger partial charge < -0.3 is 5.73 Å². The van der Waals surface area contributed by atoms with Crippen molar-refractivity contribution in [2.45, 2.75) is 19.3 Å². The first-order valence-electron chi connectivity index (χ1n) is 4.77. The van der Waals surface area contributed by atoms with E-state index in [1.165, 1.54) is 5.56 Å². The summed E-state index contributed by atoms with van der Waals surface area (Å²) in [4.78, 5) is 0. The quantitative estimate of drug-likeness (QED) is 0.756. The second kappa shape index (κ2) is 3.10. The average Bonchev–Trinajstić information content (AvgIpc) is 2.64. The van der Waals surface area contributed by atoms with Crippen molar-refractivity contribution in [2.75, 3.05) is 6.54 Å². The van der Waals surface area contributed by atoms with Crippen LogP contribution >= 0.6 is 0 Å². The predicted molar refractivity (Wildman–Crippen MR) is 58.2 cm³/mol. The first-order valence-corrected chi connectivity index (χ1v) is 4.77. The van der Waals surface area contributed by atoms with Crippen LogP contribution in [0.5, 0.6) is 0 Å². The highest BCUT2D eigenvalue weighted by atomic mass is 15.1. The molecule has 0 aliphatic rings. The number of benzene rings is 1. The van der Waals surface area contributed by atoms with Crippen molar-refractivity contribution in [2.24, 2.45) is 5.73 Å². The summed E-state index contributed by atoms with van der Waals surface area (Å²) in [5.74, 6) is 0. The minimum atomic E-state index is 0.0271. The van der Waals surface area contributed by atoms with Crippen LogP contribution in [0.1, 0.15) is 19.4 Å². The van der Waals surface area contributed by atoms with Crippen LogP contribution in [0.25, 0.3) is 10.9 Å². The number of aromatic nitrogens is 2. The number of hydrogen-bond donors (Lipinski definition) is 2. The van der Waals surface area contributed by atoms with E-state index in [9.17, 15) is 0 Å². The molecular weight excluding hydrogens is 174 g/mol. The lowest BCUT2D eigenvalue weighted by Crippen LogP contribution is -2.27. The van der Waals surface area contributed by atoms with Crippen molar-refractivity contribution in [1.29, 1.82) is 0 Å². The summed E-state index contributed by atoms with van der Waals surface area (Å²) in [6, 6.07) is 6.31. The molecular formula is C11H15N3. The van der Waals surface area contributed by atoms with E-state index in [4.69, 9.17) is 5.73 Å². The molecule has 0 fully saturated rings. The lowest BCUT2D eigenvalue weighted by molar-refractivity contribution is 0.539. The number of nitrogens with two attached hydrogens (primary N) is 1. The van der Waals surface area contributed by atoms with E-state index in [1.54, 1.807) is 0 Å². The van der Waals surface area contributed by atoms with E-state index >= 15 is 0 Å². The predicted octanol–water partition coefficient (Wildman–Crippen LogP) is 1.80. The van der Waals surface area contributed by atoms with E-state index < -0.39 is 0 Å². The summed E-state index contributed by atoms with van der Waals surface area (Å²) in [5, 5.41) is 8.10. The minimum absolute atomic E-state index is 0.0271. The molecule has 0 amide bonds. The van der Waals surface area contributed by atoms with Crippen LogP contribution in [-0.4, -0.2) is 16.7 Å². The van der Waals surface area contributed by atoms with Gasteiger partial charge in [0.15, 0.2) is 0 Å². The highest BCUT2D eigenvalue weighted by molar-refractivity contribution is 5.78. The third-order valence-electron chi connectivity index (χ3n) is 2.73. The first kappa shape index (κ1) is 9.21.